The normalized spacial score (nSPS) is 23.2. The molecule has 1 aromatic carbocycles. The zero-order chi connectivity index (χ0) is 15.8. The summed E-state index contributed by atoms with van der Waals surface area (Å²) in [4.78, 5) is 28.7. The van der Waals surface area contributed by atoms with Crippen LogP contribution < -0.4 is 4.90 Å². The molecule has 116 valence electrons. The highest BCUT2D eigenvalue weighted by Crippen LogP contribution is 2.35. The van der Waals surface area contributed by atoms with Crippen LogP contribution in [0.15, 0.2) is 48.8 Å². The predicted molar refractivity (Wildman–Crippen MR) is 83.7 cm³/mol. The molecular weight excluding hydrogens is 292 g/mol. The number of para-hydroxylation sites is 1. The molecular formula is C17H16N4O2. The zero-order valence-corrected chi connectivity index (χ0v) is 12.5. The second-order valence-corrected chi connectivity index (χ2v) is 5.99. The Labute approximate surface area is 133 Å². The van der Waals surface area contributed by atoms with Gasteiger partial charge in [0.15, 0.2) is 0 Å². The number of carbonyl (C=O) groups excluding carboxylic acids is 2. The van der Waals surface area contributed by atoms with E-state index in [0.717, 1.165) is 5.69 Å². The maximum absolute atomic E-state index is 12.7. The highest BCUT2D eigenvalue weighted by Gasteiger charge is 2.47. The summed E-state index contributed by atoms with van der Waals surface area (Å²) < 4.78 is 0. The van der Waals surface area contributed by atoms with Crippen molar-refractivity contribution in [3.63, 3.8) is 0 Å². The summed E-state index contributed by atoms with van der Waals surface area (Å²) in [5.74, 6) is 0.133. The van der Waals surface area contributed by atoms with Crippen LogP contribution in [0.1, 0.15) is 10.4 Å². The molecule has 23 heavy (non-hydrogen) atoms. The summed E-state index contributed by atoms with van der Waals surface area (Å²) in [7, 11) is 0. The van der Waals surface area contributed by atoms with E-state index in [1.807, 2.05) is 35.2 Å². The van der Waals surface area contributed by atoms with E-state index < -0.39 is 0 Å². The Bertz CT molecular complexity index is 735. The number of hydrogen-bond acceptors (Lipinski definition) is 4. The van der Waals surface area contributed by atoms with Gasteiger partial charge in [-0.3, -0.25) is 9.59 Å². The standard InChI is InChI=1S/C17H16N4O2/c22-16(12-6-7-18-19-8-12)20-9-13-10-21(17(23)15(13)11-20)14-4-2-1-3-5-14/h1-8,13,15H,9-11H2/t13-,15-/m1/s1. The number of hydrogen-bond donors (Lipinski definition) is 0. The number of fused-ring (bicyclic) bond motifs is 1. The highest BCUT2D eigenvalue weighted by molar-refractivity contribution is 6.00. The van der Waals surface area contributed by atoms with Crippen molar-refractivity contribution in [1.29, 1.82) is 0 Å². The molecule has 0 unspecified atom stereocenters. The van der Waals surface area contributed by atoms with E-state index in [-0.39, 0.29) is 23.7 Å². The lowest BCUT2D eigenvalue weighted by atomic mass is 10.0. The Hall–Kier alpha value is -2.76. The molecule has 0 saturated carbocycles. The number of nitrogens with zero attached hydrogens (tertiary/aromatic N) is 4. The first-order chi connectivity index (χ1) is 11.2. The first-order valence-corrected chi connectivity index (χ1v) is 7.66. The lowest BCUT2D eigenvalue weighted by Crippen LogP contribution is -2.35. The van der Waals surface area contributed by atoms with Gasteiger partial charge in [-0.25, -0.2) is 0 Å². The fourth-order valence-corrected chi connectivity index (χ4v) is 3.47. The number of rotatable bonds is 2. The SMILES string of the molecule is O=C(c1ccnnc1)N1C[C@@H]2CN(c3ccccc3)C(=O)[C@@H]2C1. The van der Waals surface area contributed by atoms with Crippen molar-refractivity contribution in [2.75, 3.05) is 24.5 Å². The van der Waals surface area contributed by atoms with Gasteiger partial charge < -0.3 is 9.80 Å². The smallest absolute Gasteiger partial charge is 0.255 e. The maximum atomic E-state index is 12.7. The molecule has 6 heteroatoms. The molecule has 0 spiro atoms. The average Bonchev–Trinajstić information content (AvgIpc) is 3.16. The van der Waals surface area contributed by atoms with Gasteiger partial charge in [0.25, 0.3) is 5.91 Å². The summed E-state index contributed by atoms with van der Waals surface area (Å²) >= 11 is 0. The molecule has 6 nitrogen and oxygen atoms in total. The molecule has 2 amide bonds. The van der Waals surface area contributed by atoms with Crippen LogP contribution >= 0.6 is 0 Å². The summed E-state index contributed by atoms with van der Waals surface area (Å²) in [5, 5.41) is 7.43. The predicted octanol–water partition coefficient (Wildman–Crippen LogP) is 1.21. The van der Waals surface area contributed by atoms with Crippen LogP contribution in [-0.2, 0) is 4.79 Å². The second-order valence-electron chi connectivity index (χ2n) is 5.99. The quantitative estimate of drug-likeness (QED) is 0.836. The van der Waals surface area contributed by atoms with E-state index in [1.54, 1.807) is 11.0 Å². The van der Waals surface area contributed by atoms with Crippen LogP contribution in [0.4, 0.5) is 5.69 Å². The molecule has 0 radical (unpaired) electrons. The molecule has 1 aromatic heterocycles. The number of aromatic nitrogens is 2. The van der Waals surface area contributed by atoms with Gasteiger partial charge in [-0.15, -0.1) is 0 Å². The Morgan fingerprint density at radius 2 is 1.87 bits per heavy atom. The summed E-state index contributed by atoms with van der Waals surface area (Å²) in [6.45, 7) is 1.76. The van der Waals surface area contributed by atoms with Gasteiger partial charge in [0.1, 0.15) is 0 Å². The van der Waals surface area contributed by atoms with Crippen LogP contribution in [0.5, 0.6) is 0 Å². The number of anilines is 1. The van der Waals surface area contributed by atoms with E-state index in [0.29, 0.717) is 25.2 Å². The molecule has 3 heterocycles. The van der Waals surface area contributed by atoms with Crippen LogP contribution in [-0.4, -0.2) is 46.5 Å². The van der Waals surface area contributed by atoms with Crippen LogP contribution in [0.25, 0.3) is 0 Å². The van der Waals surface area contributed by atoms with Crippen molar-refractivity contribution in [3.05, 3.63) is 54.4 Å². The molecule has 2 saturated heterocycles. The lowest BCUT2D eigenvalue weighted by Gasteiger charge is -2.21. The summed E-state index contributed by atoms with van der Waals surface area (Å²) in [6, 6.07) is 11.4. The van der Waals surface area contributed by atoms with Gasteiger partial charge >= 0.3 is 0 Å². The maximum Gasteiger partial charge on any atom is 0.255 e. The minimum atomic E-state index is -0.103. The zero-order valence-electron chi connectivity index (χ0n) is 12.5. The third-order valence-corrected chi connectivity index (χ3v) is 4.63. The van der Waals surface area contributed by atoms with E-state index in [1.165, 1.54) is 12.4 Å². The summed E-state index contributed by atoms with van der Waals surface area (Å²) in [5.41, 5.74) is 1.45. The fraction of sp³-hybridized carbons (Fsp3) is 0.294. The van der Waals surface area contributed by atoms with Gasteiger partial charge in [0.2, 0.25) is 5.91 Å². The number of likely N-dealkylation sites (tertiary alicyclic amines) is 1. The average molecular weight is 308 g/mol. The lowest BCUT2D eigenvalue weighted by molar-refractivity contribution is -0.120. The molecule has 2 fully saturated rings. The van der Waals surface area contributed by atoms with Gasteiger partial charge in [0.05, 0.1) is 23.9 Å². The highest BCUT2D eigenvalue weighted by atomic mass is 16.2. The Kier molecular flexibility index (Phi) is 3.29. The van der Waals surface area contributed by atoms with Crippen molar-refractivity contribution < 1.29 is 9.59 Å². The van der Waals surface area contributed by atoms with E-state index in [2.05, 4.69) is 10.2 Å². The van der Waals surface area contributed by atoms with Gasteiger partial charge in [-0.2, -0.15) is 10.2 Å². The van der Waals surface area contributed by atoms with Crippen LogP contribution in [0.3, 0.4) is 0 Å². The largest absolute Gasteiger partial charge is 0.337 e. The van der Waals surface area contributed by atoms with Gasteiger partial charge in [-0.1, -0.05) is 18.2 Å². The first kappa shape index (κ1) is 13.9. The van der Waals surface area contributed by atoms with E-state index in [9.17, 15) is 9.59 Å². The minimum absolute atomic E-state index is 0.0756. The van der Waals surface area contributed by atoms with Crippen LogP contribution in [0, 0.1) is 11.8 Å². The molecule has 2 aliphatic rings. The second kappa shape index (κ2) is 5.46. The van der Waals surface area contributed by atoms with Crippen molar-refractivity contribution in [3.8, 4) is 0 Å². The molecule has 0 aliphatic carbocycles. The van der Waals surface area contributed by atoms with Gasteiger partial charge in [-0.05, 0) is 18.2 Å². The number of benzene rings is 1. The fourth-order valence-electron chi connectivity index (χ4n) is 3.47. The molecule has 0 N–H and O–H groups in total. The summed E-state index contributed by atoms with van der Waals surface area (Å²) in [6.07, 6.45) is 2.97. The van der Waals surface area contributed by atoms with Crippen molar-refractivity contribution >= 4 is 17.5 Å². The van der Waals surface area contributed by atoms with Crippen LogP contribution in [0.2, 0.25) is 0 Å². The van der Waals surface area contributed by atoms with Crippen molar-refractivity contribution in [2.45, 2.75) is 0 Å². The molecule has 2 aliphatic heterocycles. The Morgan fingerprint density at radius 3 is 2.57 bits per heavy atom. The minimum Gasteiger partial charge on any atom is -0.337 e. The van der Waals surface area contributed by atoms with E-state index in [4.69, 9.17) is 0 Å². The Balaban J connectivity index is 1.49. The first-order valence-electron chi connectivity index (χ1n) is 7.66. The van der Waals surface area contributed by atoms with Gasteiger partial charge in [0, 0.05) is 31.2 Å². The monoisotopic (exact) mass is 308 g/mol. The number of carbonyl (C=O) groups is 2. The number of amides is 2. The molecule has 4 rings (SSSR count). The molecule has 2 aromatic rings. The molecule has 0 bridgehead atoms. The van der Waals surface area contributed by atoms with Crippen molar-refractivity contribution in [1.82, 2.24) is 15.1 Å². The van der Waals surface area contributed by atoms with Crippen molar-refractivity contribution in [2.24, 2.45) is 11.8 Å². The Morgan fingerprint density at radius 1 is 1.04 bits per heavy atom. The molecule has 2 atom stereocenters. The topological polar surface area (TPSA) is 66.4 Å². The van der Waals surface area contributed by atoms with E-state index >= 15 is 0 Å². The third-order valence-electron chi connectivity index (χ3n) is 4.63. The third kappa shape index (κ3) is 2.36.